The molecule has 1 aliphatic rings. The van der Waals surface area contributed by atoms with E-state index in [1.54, 1.807) is 0 Å². The van der Waals surface area contributed by atoms with Crippen LogP contribution in [0.15, 0.2) is 0 Å². The standard InChI is InChI=1S/C9H16BrNO2S/c1-2-8(10)9(12)11-7-3-5-14(13)6-4-7/h7-8H,2-6H2,1H3,(H,11,12). The molecule has 1 heterocycles. The lowest BCUT2D eigenvalue weighted by Crippen LogP contribution is -2.42. The van der Waals surface area contributed by atoms with E-state index < -0.39 is 10.8 Å². The Morgan fingerprint density at radius 2 is 2.14 bits per heavy atom. The fourth-order valence-corrected chi connectivity index (χ4v) is 2.85. The number of halogens is 1. The number of alkyl halides is 1. The van der Waals surface area contributed by atoms with Crippen molar-refractivity contribution in [2.24, 2.45) is 0 Å². The van der Waals surface area contributed by atoms with Crippen LogP contribution in [0.25, 0.3) is 0 Å². The van der Waals surface area contributed by atoms with Crippen LogP contribution in [0.4, 0.5) is 0 Å². The van der Waals surface area contributed by atoms with Gasteiger partial charge in [-0.1, -0.05) is 22.9 Å². The maximum Gasteiger partial charge on any atom is 0.233 e. The topological polar surface area (TPSA) is 46.2 Å². The molecule has 1 saturated heterocycles. The molecule has 0 radical (unpaired) electrons. The lowest BCUT2D eigenvalue weighted by molar-refractivity contribution is -0.121. The molecule has 1 amide bonds. The predicted molar refractivity (Wildman–Crippen MR) is 62.0 cm³/mol. The molecule has 0 aromatic carbocycles. The second kappa shape index (κ2) is 5.85. The molecule has 1 rings (SSSR count). The molecule has 1 fully saturated rings. The molecule has 1 atom stereocenters. The van der Waals surface area contributed by atoms with Gasteiger partial charge in [-0.2, -0.15) is 0 Å². The molecule has 82 valence electrons. The average Bonchev–Trinajstić information content (AvgIpc) is 2.20. The smallest absolute Gasteiger partial charge is 0.233 e. The molecule has 1 N–H and O–H groups in total. The van der Waals surface area contributed by atoms with Crippen molar-refractivity contribution in [2.45, 2.75) is 37.1 Å². The van der Waals surface area contributed by atoms with Crippen molar-refractivity contribution in [1.29, 1.82) is 0 Å². The molecule has 3 nitrogen and oxygen atoms in total. The zero-order valence-corrected chi connectivity index (χ0v) is 10.7. The van der Waals surface area contributed by atoms with Crippen molar-refractivity contribution in [3.05, 3.63) is 0 Å². The number of carbonyl (C=O) groups excluding carboxylic acids is 1. The van der Waals surface area contributed by atoms with Gasteiger partial charge in [0, 0.05) is 28.3 Å². The Bertz CT molecular complexity index is 225. The summed E-state index contributed by atoms with van der Waals surface area (Å²) >= 11 is 3.31. The van der Waals surface area contributed by atoms with E-state index >= 15 is 0 Å². The van der Waals surface area contributed by atoms with Crippen LogP contribution < -0.4 is 5.32 Å². The predicted octanol–water partition coefficient (Wildman–Crippen LogP) is 1.19. The summed E-state index contributed by atoms with van der Waals surface area (Å²) in [5.41, 5.74) is 0. The number of carbonyl (C=O) groups is 1. The molecule has 1 unspecified atom stereocenters. The van der Waals surface area contributed by atoms with Crippen molar-refractivity contribution in [1.82, 2.24) is 5.32 Å². The van der Waals surface area contributed by atoms with Crippen LogP contribution in [0, 0.1) is 0 Å². The van der Waals surface area contributed by atoms with Gasteiger partial charge in [-0.05, 0) is 19.3 Å². The molecule has 0 aliphatic carbocycles. The maximum absolute atomic E-state index is 11.5. The summed E-state index contributed by atoms with van der Waals surface area (Å²) in [6.45, 7) is 1.97. The molecule has 0 spiro atoms. The van der Waals surface area contributed by atoms with E-state index in [1.807, 2.05) is 6.92 Å². The van der Waals surface area contributed by atoms with Crippen molar-refractivity contribution < 1.29 is 9.00 Å². The van der Waals surface area contributed by atoms with Gasteiger partial charge in [0.1, 0.15) is 0 Å². The van der Waals surface area contributed by atoms with Gasteiger partial charge >= 0.3 is 0 Å². The van der Waals surface area contributed by atoms with Gasteiger partial charge in [-0.15, -0.1) is 0 Å². The van der Waals surface area contributed by atoms with Crippen LogP contribution in [-0.2, 0) is 15.6 Å². The lowest BCUT2D eigenvalue weighted by Gasteiger charge is -2.23. The summed E-state index contributed by atoms with van der Waals surface area (Å²) in [6, 6.07) is 0.229. The zero-order valence-electron chi connectivity index (χ0n) is 8.29. The van der Waals surface area contributed by atoms with Crippen LogP contribution in [0.5, 0.6) is 0 Å². The van der Waals surface area contributed by atoms with Crippen molar-refractivity contribution in [2.75, 3.05) is 11.5 Å². The third kappa shape index (κ3) is 3.69. The lowest BCUT2D eigenvalue weighted by atomic mass is 10.1. The van der Waals surface area contributed by atoms with E-state index in [2.05, 4.69) is 21.2 Å². The number of rotatable bonds is 3. The van der Waals surface area contributed by atoms with Gasteiger partial charge in [-0.3, -0.25) is 9.00 Å². The summed E-state index contributed by atoms with van der Waals surface area (Å²) in [7, 11) is -0.651. The van der Waals surface area contributed by atoms with E-state index in [0.717, 1.165) is 30.8 Å². The van der Waals surface area contributed by atoms with Crippen LogP contribution in [0.3, 0.4) is 0 Å². The highest BCUT2D eigenvalue weighted by Gasteiger charge is 2.21. The summed E-state index contributed by atoms with van der Waals surface area (Å²) in [4.78, 5) is 11.4. The fourth-order valence-electron chi connectivity index (χ4n) is 1.42. The van der Waals surface area contributed by atoms with E-state index in [-0.39, 0.29) is 16.8 Å². The van der Waals surface area contributed by atoms with Gasteiger partial charge in [-0.25, -0.2) is 0 Å². The second-order valence-corrected chi connectivity index (χ2v) is 6.31. The van der Waals surface area contributed by atoms with Gasteiger partial charge in [0.05, 0.1) is 4.83 Å². The molecule has 14 heavy (non-hydrogen) atoms. The first-order valence-corrected chi connectivity index (χ1v) is 7.33. The second-order valence-electron chi connectivity index (χ2n) is 3.51. The van der Waals surface area contributed by atoms with E-state index in [0.29, 0.717) is 0 Å². The zero-order chi connectivity index (χ0) is 10.6. The normalized spacial score (nSPS) is 29.6. The average molecular weight is 282 g/mol. The fraction of sp³-hybridized carbons (Fsp3) is 0.889. The first-order chi connectivity index (χ1) is 6.63. The van der Waals surface area contributed by atoms with E-state index in [9.17, 15) is 9.00 Å². The molecular formula is C9H16BrNO2S. The van der Waals surface area contributed by atoms with Crippen LogP contribution in [0.2, 0.25) is 0 Å². The Hall–Kier alpha value is 0.1000. The van der Waals surface area contributed by atoms with Crippen molar-refractivity contribution in [3.63, 3.8) is 0 Å². The van der Waals surface area contributed by atoms with Gasteiger partial charge < -0.3 is 5.32 Å². The molecule has 0 saturated carbocycles. The van der Waals surface area contributed by atoms with E-state index in [1.165, 1.54) is 0 Å². The van der Waals surface area contributed by atoms with Crippen LogP contribution in [0.1, 0.15) is 26.2 Å². The molecule has 0 bridgehead atoms. The van der Waals surface area contributed by atoms with Crippen LogP contribution >= 0.6 is 15.9 Å². The number of nitrogens with one attached hydrogen (secondary N) is 1. The maximum atomic E-state index is 11.5. The van der Waals surface area contributed by atoms with Crippen molar-refractivity contribution >= 4 is 32.6 Å². The van der Waals surface area contributed by atoms with Gasteiger partial charge in [0.25, 0.3) is 0 Å². The third-order valence-electron chi connectivity index (χ3n) is 2.38. The first kappa shape index (κ1) is 12.2. The van der Waals surface area contributed by atoms with E-state index in [4.69, 9.17) is 0 Å². The number of amides is 1. The minimum atomic E-state index is -0.651. The molecule has 1 aliphatic heterocycles. The summed E-state index contributed by atoms with van der Waals surface area (Å²) < 4.78 is 11.1. The highest BCUT2D eigenvalue weighted by Crippen LogP contribution is 2.11. The molecule has 0 aromatic rings. The van der Waals surface area contributed by atoms with Gasteiger partial charge in [0.15, 0.2) is 0 Å². The monoisotopic (exact) mass is 281 g/mol. The SMILES string of the molecule is CCC(Br)C(=O)NC1CCS(=O)CC1. The quantitative estimate of drug-likeness (QED) is 0.790. The Morgan fingerprint density at radius 3 is 2.64 bits per heavy atom. The Balaban J connectivity index is 2.30. The minimum absolute atomic E-state index is 0.0604. The van der Waals surface area contributed by atoms with Crippen molar-refractivity contribution in [3.8, 4) is 0 Å². The summed E-state index contributed by atoms with van der Waals surface area (Å²) in [5, 5.41) is 2.97. The van der Waals surface area contributed by atoms with Crippen LogP contribution in [-0.4, -0.2) is 32.5 Å². The molecule has 0 aromatic heterocycles. The Labute approximate surface area is 95.6 Å². The first-order valence-electron chi connectivity index (χ1n) is 4.93. The van der Waals surface area contributed by atoms with Gasteiger partial charge in [0.2, 0.25) is 5.91 Å². The highest BCUT2D eigenvalue weighted by molar-refractivity contribution is 9.10. The summed E-state index contributed by atoms with van der Waals surface area (Å²) in [5.74, 6) is 1.51. The number of hydrogen-bond acceptors (Lipinski definition) is 2. The molecular weight excluding hydrogens is 266 g/mol. The Morgan fingerprint density at radius 1 is 1.57 bits per heavy atom. The molecule has 5 heteroatoms. The Kier molecular flexibility index (Phi) is 5.09. The minimum Gasteiger partial charge on any atom is -0.352 e. The largest absolute Gasteiger partial charge is 0.352 e. The highest BCUT2D eigenvalue weighted by atomic mass is 79.9. The number of hydrogen-bond donors (Lipinski definition) is 1. The third-order valence-corrected chi connectivity index (χ3v) is 4.82. The summed E-state index contributed by atoms with van der Waals surface area (Å²) in [6.07, 6.45) is 2.49.